The van der Waals surface area contributed by atoms with E-state index in [-0.39, 0.29) is 24.0 Å². The van der Waals surface area contributed by atoms with Crippen LogP contribution in [0.5, 0.6) is 0 Å². The Balaban J connectivity index is 0.00000288. The highest BCUT2D eigenvalue weighted by Gasteiger charge is 2.09. The summed E-state index contributed by atoms with van der Waals surface area (Å²) in [5, 5.41) is 6.73. The van der Waals surface area contributed by atoms with Crippen LogP contribution in [0.1, 0.15) is 18.2 Å². The summed E-state index contributed by atoms with van der Waals surface area (Å²) in [6, 6.07) is 4.27. The number of thiophene rings is 1. The summed E-state index contributed by atoms with van der Waals surface area (Å²) in [7, 11) is 0. The molecule has 1 saturated heterocycles. The Morgan fingerprint density at radius 2 is 2.12 bits per heavy atom. The Hall–Kier alpha value is 0.1000. The first-order valence-electron chi connectivity index (χ1n) is 8.34. The van der Waals surface area contributed by atoms with Crippen molar-refractivity contribution in [3.63, 3.8) is 0 Å². The molecule has 0 bridgehead atoms. The second-order valence-corrected chi connectivity index (χ2v) is 8.00. The van der Waals surface area contributed by atoms with E-state index in [1.54, 1.807) is 11.3 Å². The fraction of sp³-hybridized carbons (Fsp3) is 0.688. The summed E-state index contributed by atoms with van der Waals surface area (Å²) >= 11 is 5.29. The predicted molar refractivity (Wildman–Crippen MR) is 117 cm³/mol. The van der Waals surface area contributed by atoms with E-state index in [0.29, 0.717) is 0 Å². The van der Waals surface area contributed by atoms with Crippen LogP contribution in [-0.2, 0) is 11.2 Å². The molecule has 0 unspecified atom stereocenters. The monoisotopic (exact) mass is 530 g/mol. The van der Waals surface area contributed by atoms with Crippen molar-refractivity contribution < 1.29 is 4.74 Å². The SMILES string of the molecule is CCNC(=NCCCN1CCOCC1)NCCc1ccc(Br)s1.I. The number of guanidine groups is 1. The van der Waals surface area contributed by atoms with E-state index >= 15 is 0 Å². The van der Waals surface area contributed by atoms with Crippen LogP contribution in [0, 0.1) is 0 Å². The van der Waals surface area contributed by atoms with E-state index < -0.39 is 0 Å². The molecule has 2 N–H and O–H groups in total. The van der Waals surface area contributed by atoms with Crippen molar-refractivity contribution in [2.24, 2.45) is 4.99 Å². The smallest absolute Gasteiger partial charge is 0.191 e. The lowest BCUT2D eigenvalue weighted by Gasteiger charge is -2.26. The summed E-state index contributed by atoms with van der Waals surface area (Å²) in [5.74, 6) is 0.921. The summed E-state index contributed by atoms with van der Waals surface area (Å²) in [5.41, 5.74) is 0. The van der Waals surface area contributed by atoms with E-state index in [4.69, 9.17) is 4.74 Å². The van der Waals surface area contributed by atoms with Crippen molar-refractivity contribution in [3.8, 4) is 0 Å². The zero-order valence-electron chi connectivity index (χ0n) is 14.2. The topological polar surface area (TPSA) is 48.9 Å². The zero-order valence-corrected chi connectivity index (χ0v) is 19.0. The normalized spacial score (nSPS) is 15.8. The molecule has 0 radical (unpaired) electrons. The Kier molecular flexibility index (Phi) is 12.3. The van der Waals surface area contributed by atoms with Crippen molar-refractivity contribution in [1.29, 1.82) is 0 Å². The van der Waals surface area contributed by atoms with Crippen LogP contribution in [0.4, 0.5) is 0 Å². The molecule has 1 aromatic rings. The lowest BCUT2D eigenvalue weighted by molar-refractivity contribution is 0.0377. The van der Waals surface area contributed by atoms with Crippen molar-refractivity contribution in [2.75, 3.05) is 52.5 Å². The molecule has 0 amide bonds. The molecule has 2 heterocycles. The second kappa shape index (κ2) is 13.3. The van der Waals surface area contributed by atoms with Crippen LogP contribution in [0.15, 0.2) is 20.9 Å². The maximum absolute atomic E-state index is 5.37. The summed E-state index contributed by atoms with van der Waals surface area (Å²) < 4.78 is 6.56. The molecular weight excluding hydrogens is 503 g/mol. The molecule has 8 heteroatoms. The van der Waals surface area contributed by atoms with Gasteiger partial charge in [0.15, 0.2) is 5.96 Å². The molecular formula is C16H28BrIN4OS. The van der Waals surface area contributed by atoms with Crippen LogP contribution in [-0.4, -0.2) is 63.3 Å². The first kappa shape index (κ1) is 22.1. The molecule has 0 saturated carbocycles. The predicted octanol–water partition coefficient (Wildman–Crippen LogP) is 2.95. The molecule has 1 aromatic heterocycles. The van der Waals surface area contributed by atoms with Gasteiger partial charge in [0, 0.05) is 44.1 Å². The molecule has 1 aliphatic rings. The van der Waals surface area contributed by atoms with Gasteiger partial charge in [-0.2, -0.15) is 0 Å². The highest BCUT2D eigenvalue weighted by atomic mass is 127. The maximum atomic E-state index is 5.37. The van der Waals surface area contributed by atoms with Crippen molar-refractivity contribution in [3.05, 3.63) is 20.8 Å². The lowest BCUT2D eigenvalue weighted by Crippen LogP contribution is -2.39. The Morgan fingerprint density at radius 3 is 2.79 bits per heavy atom. The van der Waals surface area contributed by atoms with Crippen LogP contribution >= 0.6 is 51.2 Å². The van der Waals surface area contributed by atoms with Gasteiger partial charge in [-0.3, -0.25) is 9.89 Å². The summed E-state index contributed by atoms with van der Waals surface area (Å²) in [6.07, 6.45) is 2.11. The minimum absolute atomic E-state index is 0. The van der Waals surface area contributed by atoms with Crippen LogP contribution < -0.4 is 10.6 Å². The van der Waals surface area contributed by atoms with Gasteiger partial charge in [-0.15, -0.1) is 35.3 Å². The average Bonchev–Trinajstić information content (AvgIpc) is 2.98. The van der Waals surface area contributed by atoms with E-state index in [2.05, 4.69) is 55.5 Å². The summed E-state index contributed by atoms with van der Waals surface area (Å²) in [4.78, 5) is 8.50. The highest BCUT2D eigenvalue weighted by Crippen LogP contribution is 2.21. The minimum atomic E-state index is 0. The lowest BCUT2D eigenvalue weighted by atomic mass is 10.3. The van der Waals surface area contributed by atoms with E-state index in [9.17, 15) is 0 Å². The third-order valence-electron chi connectivity index (χ3n) is 3.64. The van der Waals surface area contributed by atoms with Crippen molar-refractivity contribution in [1.82, 2.24) is 15.5 Å². The third-order valence-corrected chi connectivity index (χ3v) is 5.33. The number of hydrogen-bond donors (Lipinski definition) is 2. The van der Waals surface area contributed by atoms with Gasteiger partial charge in [-0.25, -0.2) is 0 Å². The first-order valence-corrected chi connectivity index (χ1v) is 9.95. The molecule has 5 nitrogen and oxygen atoms in total. The first-order chi connectivity index (χ1) is 11.3. The van der Waals surface area contributed by atoms with Gasteiger partial charge in [-0.05, 0) is 47.8 Å². The average molecular weight is 531 g/mol. The molecule has 0 spiro atoms. The molecule has 138 valence electrons. The number of nitrogens with one attached hydrogen (secondary N) is 2. The number of ether oxygens (including phenoxy) is 1. The van der Waals surface area contributed by atoms with Gasteiger partial charge in [0.05, 0.1) is 17.0 Å². The third kappa shape index (κ3) is 8.98. The molecule has 1 fully saturated rings. The summed E-state index contributed by atoms with van der Waals surface area (Å²) in [6.45, 7) is 9.70. The van der Waals surface area contributed by atoms with Crippen molar-refractivity contribution in [2.45, 2.75) is 19.8 Å². The van der Waals surface area contributed by atoms with Gasteiger partial charge < -0.3 is 15.4 Å². The maximum Gasteiger partial charge on any atom is 0.191 e. The van der Waals surface area contributed by atoms with Gasteiger partial charge in [0.25, 0.3) is 0 Å². The Labute approximate surface area is 174 Å². The highest BCUT2D eigenvalue weighted by molar-refractivity contribution is 14.0. The minimum Gasteiger partial charge on any atom is -0.379 e. The standard InChI is InChI=1S/C16H27BrN4OS.HI/c1-2-18-16(20-8-6-14-4-5-15(17)23-14)19-7-3-9-21-10-12-22-13-11-21;/h4-5H,2-3,6-13H2,1H3,(H2,18,19,20);1H. The van der Waals surface area contributed by atoms with E-state index in [1.807, 2.05) is 0 Å². The van der Waals surface area contributed by atoms with Crippen LogP contribution in [0.25, 0.3) is 0 Å². The van der Waals surface area contributed by atoms with Gasteiger partial charge in [0.1, 0.15) is 0 Å². The number of rotatable bonds is 8. The Bertz CT molecular complexity index is 480. The Morgan fingerprint density at radius 1 is 1.33 bits per heavy atom. The number of aliphatic imine (C=N–C) groups is 1. The molecule has 24 heavy (non-hydrogen) atoms. The number of hydrogen-bond acceptors (Lipinski definition) is 4. The van der Waals surface area contributed by atoms with Gasteiger partial charge >= 0.3 is 0 Å². The van der Waals surface area contributed by atoms with E-state index in [0.717, 1.165) is 71.3 Å². The van der Waals surface area contributed by atoms with Crippen molar-refractivity contribution >= 4 is 57.2 Å². The molecule has 0 aromatic carbocycles. The number of nitrogens with zero attached hydrogens (tertiary/aromatic N) is 2. The molecule has 2 rings (SSSR count). The number of halogens is 2. The molecule has 0 aliphatic carbocycles. The van der Waals surface area contributed by atoms with Crippen LogP contribution in [0.2, 0.25) is 0 Å². The molecule has 1 aliphatic heterocycles. The fourth-order valence-corrected chi connectivity index (χ4v) is 3.92. The van der Waals surface area contributed by atoms with Crippen LogP contribution in [0.3, 0.4) is 0 Å². The largest absolute Gasteiger partial charge is 0.379 e. The molecule has 0 atom stereocenters. The fourth-order valence-electron chi connectivity index (χ4n) is 2.44. The van der Waals surface area contributed by atoms with Gasteiger partial charge in [0.2, 0.25) is 0 Å². The second-order valence-electron chi connectivity index (χ2n) is 5.45. The zero-order chi connectivity index (χ0) is 16.3. The van der Waals surface area contributed by atoms with E-state index in [1.165, 1.54) is 8.66 Å². The van der Waals surface area contributed by atoms with Gasteiger partial charge in [-0.1, -0.05) is 0 Å². The quantitative estimate of drug-likeness (QED) is 0.235. The number of morpholine rings is 1.